The summed E-state index contributed by atoms with van der Waals surface area (Å²) < 4.78 is 5.99. The normalized spacial score (nSPS) is 29.4. The zero-order valence-electron chi connectivity index (χ0n) is 8.36. The molecule has 0 saturated carbocycles. The van der Waals surface area contributed by atoms with Gasteiger partial charge in [-0.2, -0.15) is 0 Å². The number of rotatable bonds is 0. The maximum atomic E-state index is 5.99. The molecule has 0 amide bonds. The molecule has 0 fully saturated rings. The van der Waals surface area contributed by atoms with Crippen LogP contribution in [0.15, 0.2) is 35.9 Å². The van der Waals surface area contributed by atoms with Crippen LogP contribution in [0, 0.1) is 0 Å². The summed E-state index contributed by atoms with van der Waals surface area (Å²) in [5, 5.41) is 0. The maximum Gasteiger partial charge on any atom is 0.102 e. The Morgan fingerprint density at radius 1 is 1.21 bits per heavy atom. The van der Waals surface area contributed by atoms with Crippen LogP contribution in [0.3, 0.4) is 0 Å². The van der Waals surface area contributed by atoms with E-state index in [1.807, 2.05) is 0 Å². The predicted octanol–water partition coefficient (Wildman–Crippen LogP) is 3.54. The lowest BCUT2D eigenvalue weighted by Gasteiger charge is -2.09. The molecule has 3 rings (SSSR count). The summed E-state index contributed by atoms with van der Waals surface area (Å²) in [4.78, 5) is 0. The van der Waals surface area contributed by atoms with Crippen LogP contribution < -0.4 is 0 Å². The van der Waals surface area contributed by atoms with Gasteiger partial charge in [0, 0.05) is 0 Å². The highest BCUT2D eigenvalue weighted by Crippen LogP contribution is 2.45. The van der Waals surface area contributed by atoms with Crippen molar-refractivity contribution in [3.05, 3.63) is 47.0 Å². The summed E-state index contributed by atoms with van der Waals surface area (Å²) in [5.41, 5.74) is 4.24. The second kappa shape index (κ2) is 2.96. The van der Waals surface area contributed by atoms with Crippen LogP contribution in [-0.4, -0.2) is 0 Å². The van der Waals surface area contributed by atoms with Crippen LogP contribution in [0.5, 0.6) is 0 Å². The predicted molar refractivity (Wildman–Crippen MR) is 56.0 cm³/mol. The van der Waals surface area contributed by atoms with Crippen molar-refractivity contribution in [2.45, 2.75) is 32.0 Å². The lowest BCUT2D eigenvalue weighted by Crippen LogP contribution is -1.94. The average molecular weight is 186 g/mol. The molecule has 1 heteroatoms. The summed E-state index contributed by atoms with van der Waals surface area (Å²) in [6.07, 6.45) is 5.14. The molecule has 72 valence electrons. The molecule has 2 atom stereocenters. The molecule has 2 aliphatic heterocycles. The van der Waals surface area contributed by atoms with E-state index in [0.717, 1.165) is 6.42 Å². The van der Waals surface area contributed by atoms with Gasteiger partial charge in [0.25, 0.3) is 0 Å². The van der Waals surface area contributed by atoms with E-state index < -0.39 is 0 Å². The minimum absolute atomic E-state index is 0.221. The smallest absolute Gasteiger partial charge is 0.102 e. The Morgan fingerprint density at radius 3 is 2.86 bits per heavy atom. The molecular weight excluding hydrogens is 172 g/mol. The highest BCUT2D eigenvalue weighted by atomic mass is 16.5. The Kier molecular flexibility index (Phi) is 1.74. The second-order valence-electron chi connectivity index (χ2n) is 4.23. The molecule has 2 heterocycles. The van der Waals surface area contributed by atoms with Crippen molar-refractivity contribution in [2.24, 2.45) is 0 Å². The fourth-order valence-electron chi connectivity index (χ4n) is 2.44. The van der Waals surface area contributed by atoms with Gasteiger partial charge in [0.05, 0.1) is 6.10 Å². The van der Waals surface area contributed by atoms with Crippen LogP contribution in [0.25, 0.3) is 0 Å². The van der Waals surface area contributed by atoms with Gasteiger partial charge < -0.3 is 4.74 Å². The van der Waals surface area contributed by atoms with Crippen molar-refractivity contribution in [3.8, 4) is 0 Å². The minimum Gasteiger partial charge on any atom is -0.361 e. The van der Waals surface area contributed by atoms with Gasteiger partial charge in [0.2, 0.25) is 0 Å². The van der Waals surface area contributed by atoms with Crippen molar-refractivity contribution in [1.29, 1.82) is 0 Å². The molecule has 14 heavy (non-hydrogen) atoms. The van der Waals surface area contributed by atoms with E-state index in [2.05, 4.69) is 37.3 Å². The van der Waals surface area contributed by atoms with Crippen molar-refractivity contribution in [1.82, 2.24) is 0 Å². The highest BCUT2D eigenvalue weighted by Gasteiger charge is 2.31. The number of ether oxygens (including phenoxy) is 1. The van der Waals surface area contributed by atoms with Crippen LogP contribution >= 0.6 is 0 Å². The Bertz CT molecular complexity index is 392. The van der Waals surface area contributed by atoms with Crippen molar-refractivity contribution in [3.63, 3.8) is 0 Å². The molecule has 1 aromatic rings. The van der Waals surface area contributed by atoms with Gasteiger partial charge in [-0.25, -0.2) is 0 Å². The summed E-state index contributed by atoms with van der Waals surface area (Å²) in [6.45, 7) is 2.20. The second-order valence-corrected chi connectivity index (χ2v) is 4.23. The molecule has 2 bridgehead atoms. The van der Waals surface area contributed by atoms with Crippen LogP contribution in [0.4, 0.5) is 0 Å². The van der Waals surface area contributed by atoms with Crippen molar-refractivity contribution in [2.75, 3.05) is 0 Å². The van der Waals surface area contributed by atoms with Gasteiger partial charge >= 0.3 is 0 Å². The summed E-state index contributed by atoms with van der Waals surface area (Å²) in [6, 6.07) is 8.60. The van der Waals surface area contributed by atoms with Crippen molar-refractivity contribution >= 4 is 0 Å². The lowest BCUT2D eigenvalue weighted by atomic mass is 9.94. The molecule has 1 aromatic carbocycles. The van der Waals surface area contributed by atoms with Crippen LogP contribution in [0.1, 0.15) is 43.1 Å². The van der Waals surface area contributed by atoms with Gasteiger partial charge in [-0.15, -0.1) is 0 Å². The molecule has 0 aliphatic carbocycles. The fourth-order valence-corrected chi connectivity index (χ4v) is 2.44. The van der Waals surface area contributed by atoms with Gasteiger partial charge in [-0.3, -0.25) is 0 Å². The Balaban J connectivity index is 2.13. The quantitative estimate of drug-likeness (QED) is 0.563. The molecule has 2 aliphatic rings. The monoisotopic (exact) mass is 186 g/mol. The standard InChI is InChI=1S/C13H14O/c1-9-6-7-12-10-4-2-3-5-11(10)13(8-9)14-12/h2-5,8,12-13H,6-7H2,1H3/t12-,13+/m1/s1. The summed E-state index contributed by atoms with van der Waals surface area (Å²) in [5.74, 6) is 0. The molecule has 0 aromatic heterocycles. The molecule has 0 unspecified atom stereocenters. The third-order valence-electron chi connectivity index (χ3n) is 3.20. The average Bonchev–Trinajstić information content (AvgIpc) is 2.40. The molecular formula is C13H14O. The maximum absolute atomic E-state index is 5.99. The molecule has 0 radical (unpaired) electrons. The number of fused-ring (bicyclic) bond motifs is 5. The third kappa shape index (κ3) is 1.12. The first-order valence-corrected chi connectivity index (χ1v) is 5.26. The van der Waals surface area contributed by atoms with E-state index in [4.69, 9.17) is 4.74 Å². The van der Waals surface area contributed by atoms with Gasteiger partial charge in [-0.05, 0) is 30.9 Å². The zero-order valence-corrected chi connectivity index (χ0v) is 8.36. The first kappa shape index (κ1) is 8.25. The van der Waals surface area contributed by atoms with Gasteiger partial charge in [-0.1, -0.05) is 35.9 Å². The van der Waals surface area contributed by atoms with E-state index in [-0.39, 0.29) is 6.10 Å². The first-order valence-electron chi connectivity index (χ1n) is 5.26. The Hall–Kier alpha value is -1.08. The summed E-state index contributed by atoms with van der Waals surface area (Å²) in [7, 11) is 0. The van der Waals surface area contributed by atoms with E-state index in [1.54, 1.807) is 0 Å². The van der Waals surface area contributed by atoms with E-state index in [0.29, 0.717) is 6.10 Å². The SMILES string of the molecule is CC1=C[C@@H]2O[C@H](CC1)c1ccccc12. The number of benzene rings is 1. The zero-order chi connectivity index (χ0) is 9.54. The number of allylic oxidation sites excluding steroid dienone is 1. The third-order valence-corrected chi connectivity index (χ3v) is 3.20. The number of hydrogen-bond acceptors (Lipinski definition) is 1. The molecule has 1 nitrogen and oxygen atoms in total. The molecule has 0 spiro atoms. The van der Waals surface area contributed by atoms with Gasteiger partial charge in [0.1, 0.15) is 6.10 Å². The molecule has 0 saturated heterocycles. The van der Waals surface area contributed by atoms with Crippen molar-refractivity contribution < 1.29 is 4.74 Å². The number of hydrogen-bond donors (Lipinski definition) is 0. The Labute approximate surface area is 84.4 Å². The van der Waals surface area contributed by atoms with E-state index in [1.165, 1.54) is 23.1 Å². The van der Waals surface area contributed by atoms with Crippen LogP contribution in [0.2, 0.25) is 0 Å². The lowest BCUT2D eigenvalue weighted by molar-refractivity contribution is 0.0375. The Morgan fingerprint density at radius 2 is 2.00 bits per heavy atom. The minimum atomic E-state index is 0.221. The first-order chi connectivity index (χ1) is 6.84. The topological polar surface area (TPSA) is 9.23 Å². The summed E-state index contributed by atoms with van der Waals surface area (Å²) >= 11 is 0. The van der Waals surface area contributed by atoms with Gasteiger partial charge in [0.15, 0.2) is 0 Å². The van der Waals surface area contributed by atoms with E-state index >= 15 is 0 Å². The van der Waals surface area contributed by atoms with E-state index in [9.17, 15) is 0 Å². The fraction of sp³-hybridized carbons (Fsp3) is 0.385. The van der Waals surface area contributed by atoms with Crippen LogP contribution in [-0.2, 0) is 4.74 Å². The largest absolute Gasteiger partial charge is 0.361 e. The molecule has 0 N–H and O–H groups in total. The highest BCUT2D eigenvalue weighted by molar-refractivity contribution is 5.38.